The Hall–Kier alpha value is -2.44. The van der Waals surface area contributed by atoms with E-state index in [4.69, 9.17) is 4.74 Å². The SMILES string of the molecule is O=C(OCc1ccccc1)N1CCCC(O)C(NCc2ccccn2)C1. The first-order valence-corrected chi connectivity index (χ1v) is 8.99. The van der Waals surface area contributed by atoms with Crippen molar-refractivity contribution in [3.8, 4) is 0 Å². The quantitative estimate of drug-likeness (QED) is 0.861. The highest BCUT2D eigenvalue weighted by molar-refractivity contribution is 5.67. The minimum Gasteiger partial charge on any atom is -0.445 e. The Bertz CT molecular complexity index is 681. The van der Waals surface area contributed by atoms with Gasteiger partial charge in [0, 0.05) is 25.8 Å². The van der Waals surface area contributed by atoms with E-state index in [1.54, 1.807) is 11.1 Å². The van der Waals surface area contributed by atoms with Crippen molar-refractivity contribution in [2.45, 2.75) is 38.1 Å². The number of amides is 1. The van der Waals surface area contributed by atoms with Crippen LogP contribution in [0.2, 0.25) is 0 Å². The number of nitrogens with one attached hydrogen (secondary N) is 1. The number of carbonyl (C=O) groups excluding carboxylic acids is 1. The van der Waals surface area contributed by atoms with Crippen LogP contribution in [0.5, 0.6) is 0 Å². The molecule has 1 aromatic carbocycles. The molecule has 2 unspecified atom stereocenters. The molecule has 0 aliphatic carbocycles. The summed E-state index contributed by atoms with van der Waals surface area (Å²) in [4.78, 5) is 18.4. The first-order chi connectivity index (χ1) is 12.7. The Morgan fingerprint density at radius 2 is 2.04 bits per heavy atom. The van der Waals surface area contributed by atoms with Gasteiger partial charge in [-0.2, -0.15) is 0 Å². The van der Waals surface area contributed by atoms with Gasteiger partial charge in [-0.05, 0) is 30.5 Å². The van der Waals surface area contributed by atoms with Crippen molar-refractivity contribution in [3.05, 3.63) is 66.0 Å². The van der Waals surface area contributed by atoms with Gasteiger partial charge in [-0.15, -0.1) is 0 Å². The Kier molecular flexibility index (Phi) is 6.57. The summed E-state index contributed by atoms with van der Waals surface area (Å²) in [6.07, 6.45) is 2.32. The average molecular weight is 355 g/mol. The van der Waals surface area contributed by atoms with Gasteiger partial charge in [-0.25, -0.2) is 4.79 Å². The molecule has 1 saturated heterocycles. The number of pyridine rings is 1. The molecule has 6 heteroatoms. The van der Waals surface area contributed by atoms with Gasteiger partial charge in [0.15, 0.2) is 0 Å². The number of aliphatic hydroxyl groups excluding tert-OH is 1. The van der Waals surface area contributed by atoms with Gasteiger partial charge in [0.25, 0.3) is 0 Å². The number of hydrogen-bond acceptors (Lipinski definition) is 5. The molecule has 1 aliphatic heterocycles. The van der Waals surface area contributed by atoms with Crippen LogP contribution in [0.25, 0.3) is 0 Å². The van der Waals surface area contributed by atoms with Crippen LogP contribution in [-0.4, -0.2) is 46.3 Å². The standard InChI is InChI=1S/C20H25N3O3/c24-19-10-6-12-23(20(25)26-15-16-7-2-1-3-8-16)14-18(19)22-13-17-9-4-5-11-21-17/h1-5,7-9,11,18-19,22,24H,6,10,12-15H2. The van der Waals surface area contributed by atoms with E-state index in [0.717, 1.165) is 17.7 Å². The third-order valence-corrected chi connectivity index (χ3v) is 4.54. The molecular formula is C20H25N3O3. The van der Waals surface area contributed by atoms with Crippen LogP contribution in [0.15, 0.2) is 54.7 Å². The summed E-state index contributed by atoms with van der Waals surface area (Å²) < 4.78 is 5.43. The summed E-state index contributed by atoms with van der Waals surface area (Å²) in [5.41, 5.74) is 1.86. The number of aliphatic hydroxyl groups is 1. The molecule has 1 aliphatic rings. The molecule has 0 bridgehead atoms. The zero-order valence-corrected chi connectivity index (χ0v) is 14.8. The zero-order chi connectivity index (χ0) is 18.2. The van der Waals surface area contributed by atoms with Crippen molar-refractivity contribution in [1.82, 2.24) is 15.2 Å². The second-order valence-electron chi connectivity index (χ2n) is 6.50. The van der Waals surface area contributed by atoms with E-state index in [9.17, 15) is 9.90 Å². The number of benzene rings is 1. The lowest BCUT2D eigenvalue weighted by Gasteiger charge is -2.26. The van der Waals surface area contributed by atoms with Crippen LogP contribution in [0, 0.1) is 0 Å². The Morgan fingerprint density at radius 3 is 2.81 bits per heavy atom. The molecule has 2 N–H and O–H groups in total. The van der Waals surface area contributed by atoms with E-state index in [-0.39, 0.29) is 18.7 Å². The van der Waals surface area contributed by atoms with Gasteiger partial charge >= 0.3 is 6.09 Å². The highest BCUT2D eigenvalue weighted by atomic mass is 16.6. The van der Waals surface area contributed by atoms with Crippen molar-refractivity contribution in [1.29, 1.82) is 0 Å². The first-order valence-electron chi connectivity index (χ1n) is 8.99. The third-order valence-electron chi connectivity index (χ3n) is 4.54. The number of ether oxygens (including phenoxy) is 1. The van der Waals surface area contributed by atoms with Gasteiger partial charge in [0.2, 0.25) is 0 Å². The molecule has 138 valence electrons. The van der Waals surface area contributed by atoms with E-state index in [1.807, 2.05) is 48.5 Å². The molecule has 0 radical (unpaired) electrons. The maximum atomic E-state index is 12.4. The van der Waals surface area contributed by atoms with Crippen molar-refractivity contribution in [3.63, 3.8) is 0 Å². The second-order valence-corrected chi connectivity index (χ2v) is 6.50. The molecule has 2 aromatic rings. The minimum absolute atomic E-state index is 0.205. The van der Waals surface area contributed by atoms with Crippen molar-refractivity contribution >= 4 is 6.09 Å². The predicted octanol–water partition coefficient (Wildman–Crippen LogP) is 2.33. The fourth-order valence-electron chi connectivity index (χ4n) is 3.06. The molecule has 6 nitrogen and oxygen atoms in total. The van der Waals surface area contributed by atoms with Gasteiger partial charge in [0.05, 0.1) is 17.8 Å². The number of likely N-dealkylation sites (tertiary alicyclic amines) is 1. The highest BCUT2D eigenvalue weighted by Crippen LogP contribution is 2.14. The largest absolute Gasteiger partial charge is 0.445 e. The summed E-state index contributed by atoms with van der Waals surface area (Å²) in [6.45, 7) is 1.81. The van der Waals surface area contributed by atoms with Gasteiger partial charge in [0.1, 0.15) is 6.61 Å². The molecular weight excluding hydrogens is 330 g/mol. The first kappa shape index (κ1) is 18.4. The molecule has 3 rings (SSSR count). The minimum atomic E-state index is -0.495. The zero-order valence-electron chi connectivity index (χ0n) is 14.8. The summed E-state index contributed by atoms with van der Waals surface area (Å²) in [6, 6.07) is 15.2. The molecule has 1 aromatic heterocycles. The smallest absolute Gasteiger partial charge is 0.410 e. The lowest BCUT2D eigenvalue weighted by atomic mass is 10.1. The Morgan fingerprint density at radius 1 is 1.23 bits per heavy atom. The van der Waals surface area contributed by atoms with Crippen LogP contribution in [0.4, 0.5) is 4.79 Å². The van der Waals surface area contributed by atoms with Gasteiger partial charge < -0.3 is 20.1 Å². The number of carbonyl (C=O) groups is 1. The predicted molar refractivity (Wildman–Crippen MR) is 98.3 cm³/mol. The molecule has 0 spiro atoms. The lowest BCUT2D eigenvalue weighted by molar-refractivity contribution is 0.0845. The number of rotatable bonds is 5. The highest BCUT2D eigenvalue weighted by Gasteiger charge is 2.28. The second kappa shape index (κ2) is 9.31. The van der Waals surface area contributed by atoms with Gasteiger partial charge in [-0.3, -0.25) is 4.98 Å². The molecule has 1 amide bonds. The van der Waals surface area contributed by atoms with Crippen LogP contribution in [0.3, 0.4) is 0 Å². The molecule has 2 heterocycles. The fourth-order valence-corrected chi connectivity index (χ4v) is 3.06. The summed E-state index contributed by atoms with van der Waals surface area (Å²) in [5, 5.41) is 13.7. The van der Waals surface area contributed by atoms with E-state index in [2.05, 4.69) is 10.3 Å². The molecule has 0 saturated carbocycles. The number of aromatic nitrogens is 1. The van der Waals surface area contributed by atoms with Crippen molar-refractivity contribution < 1.29 is 14.6 Å². The Labute approximate surface area is 153 Å². The van der Waals surface area contributed by atoms with Gasteiger partial charge in [-0.1, -0.05) is 36.4 Å². The third kappa shape index (κ3) is 5.28. The number of hydrogen-bond donors (Lipinski definition) is 2. The van der Waals surface area contributed by atoms with Crippen LogP contribution >= 0.6 is 0 Å². The average Bonchev–Trinajstić information content (AvgIpc) is 2.87. The maximum absolute atomic E-state index is 12.4. The number of nitrogens with zero attached hydrogens (tertiary/aromatic N) is 2. The normalized spacial score (nSPS) is 20.4. The Balaban J connectivity index is 1.54. The molecule has 26 heavy (non-hydrogen) atoms. The maximum Gasteiger partial charge on any atom is 0.410 e. The van der Waals surface area contributed by atoms with Crippen molar-refractivity contribution in [2.75, 3.05) is 13.1 Å². The van der Waals surface area contributed by atoms with Crippen LogP contribution < -0.4 is 5.32 Å². The summed E-state index contributed by atoms with van der Waals surface area (Å²) >= 11 is 0. The monoisotopic (exact) mass is 355 g/mol. The fraction of sp³-hybridized carbons (Fsp3) is 0.400. The van der Waals surface area contributed by atoms with E-state index in [1.165, 1.54) is 0 Å². The topological polar surface area (TPSA) is 74.7 Å². The van der Waals surface area contributed by atoms with E-state index in [0.29, 0.717) is 26.1 Å². The van der Waals surface area contributed by atoms with Crippen molar-refractivity contribution in [2.24, 2.45) is 0 Å². The van der Waals surface area contributed by atoms with Crippen LogP contribution in [0.1, 0.15) is 24.1 Å². The summed E-state index contributed by atoms with van der Waals surface area (Å²) in [5.74, 6) is 0. The van der Waals surface area contributed by atoms with E-state index < -0.39 is 6.10 Å². The van der Waals surface area contributed by atoms with Crippen LogP contribution in [-0.2, 0) is 17.9 Å². The summed E-state index contributed by atoms with van der Waals surface area (Å²) in [7, 11) is 0. The lowest BCUT2D eigenvalue weighted by Crippen LogP contribution is -2.47. The molecule has 1 fully saturated rings. The van der Waals surface area contributed by atoms with E-state index >= 15 is 0 Å². The molecule has 2 atom stereocenters.